The Kier molecular flexibility index (Phi) is 5.85. The molecule has 1 unspecified atom stereocenters. The minimum absolute atomic E-state index is 0.0265. The first-order chi connectivity index (χ1) is 8.54. The highest BCUT2D eigenvalue weighted by atomic mass is 16.2. The van der Waals surface area contributed by atoms with Gasteiger partial charge in [0.2, 0.25) is 5.91 Å². The molecule has 0 aliphatic rings. The minimum atomic E-state index is -0.209. The lowest BCUT2D eigenvalue weighted by Crippen LogP contribution is -2.44. The van der Waals surface area contributed by atoms with Crippen LogP contribution in [-0.4, -0.2) is 27.5 Å². The highest BCUT2D eigenvalue weighted by molar-refractivity contribution is 5.81. The van der Waals surface area contributed by atoms with Gasteiger partial charge in [-0.15, -0.1) is 0 Å². The molecule has 1 amide bonds. The fourth-order valence-corrected chi connectivity index (χ4v) is 1.70. The van der Waals surface area contributed by atoms with Crippen molar-refractivity contribution in [2.45, 2.75) is 59.3 Å². The Balaban J connectivity index is 2.44. The van der Waals surface area contributed by atoms with Crippen LogP contribution in [0, 0.1) is 0 Å². The van der Waals surface area contributed by atoms with E-state index in [0.29, 0.717) is 6.54 Å². The molecule has 2 N–H and O–H groups in total. The average molecular weight is 252 g/mol. The van der Waals surface area contributed by atoms with Crippen molar-refractivity contribution >= 4 is 5.91 Å². The second-order valence-corrected chi connectivity index (χ2v) is 4.80. The SMILES string of the molecule is CCCn1ccnc1CNC(C)C(=O)NC(C)C. The van der Waals surface area contributed by atoms with E-state index in [2.05, 4.69) is 27.1 Å². The van der Waals surface area contributed by atoms with Crippen LogP contribution in [0.25, 0.3) is 0 Å². The van der Waals surface area contributed by atoms with Crippen molar-refractivity contribution in [1.82, 2.24) is 20.2 Å². The molecule has 1 aromatic rings. The van der Waals surface area contributed by atoms with Crippen molar-refractivity contribution in [2.75, 3.05) is 0 Å². The molecule has 5 nitrogen and oxygen atoms in total. The predicted molar refractivity (Wildman–Crippen MR) is 72.1 cm³/mol. The summed E-state index contributed by atoms with van der Waals surface area (Å²) in [6.45, 7) is 9.49. The lowest BCUT2D eigenvalue weighted by molar-refractivity contribution is -0.123. The number of hydrogen-bond acceptors (Lipinski definition) is 3. The molecule has 0 bridgehead atoms. The van der Waals surface area contributed by atoms with Crippen molar-refractivity contribution in [3.05, 3.63) is 18.2 Å². The molecule has 0 aliphatic heterocycles. The number of amides is 1. The number of aryl methyl sites for hydroxylation is 1. The van der Waals surface area contributed by atoms with Gasteiger partial charge in [-0.05, 0) is 27.2 Å². The van der Waals surface area contributed by atoms with Crippen molar-refractivity contribution in [3.8, 4) is 0 Å². The fraction of sp³-hybridized carbons (Fsp3) is 0.692. The van der Waals surface area contributed by atoms with Crippen LogP contribution in [0.2, 0.25) is 0 Å². The van der Waals surface area contributed by atoms with Crippen LogP contribution in [-0.2, 0) is 17.9 Å². The molecule has 0 aliphatic carbocycles. The molecule has 0 saturated heterocycles. The smallest absolute Gasteiger partial charge is 0.237 e. The summed E-state index contributed by atoms with van der Waals surface area (Å²) in [4.78, 5) is 16.0. The van der Waals surface area contributed by atoms with Crippen molar-refractivity contribution in [3.63, 3.8) is 0 Å². The Morgan fingerprint density at radius 3 is 2.78 bits per heavy atom. The van der Waals surface area contributed by atoms with E-state index in [1.807, 2.05) is 27.0 Å². The molecule has 5 heteroatoms. The van der Waals surface area contributed by atoms with Gasteiger partial charge in [0.05, 0.1) is 12.6 Å². The predicted octanol–water partition coefficient (Wildman–Crippen LogP) is 1.30. The van der Waals surface area contributed by atoms with Gasteiger partial charge in [-0.3, -0.25) is 10.1 Å². The summed E-state index contributed by atoms with van der Waals surface area (Å²) >= 11 is 0. The van der Waals surface area contributed by atoms with Crippen LogP contribution in [0.4, 0.5) is 0 Å². The van der Waals surface area contributed by atoms with E-state index in [0.717, 1.165) is 18.8 Å². The first-order valence-electron chi connectivity index (χ1n) is 6.58. The van der Waals surface area contributed by atoms with Crippen LogP contribution in [0.1, 0.15) is 39.9 Å². The summed E-state index contributed by atoms with van der Waals surface area (Å²) < 4.78 is 2.11. The molecule has 1 aromatic heterocycles. The van der Waals surface area contributed by atoms with Crippen LogP contribution in [0.15, 0.2) is 12.4 Å². The molecular weight excluding hydrogens is 228 g/mol. The Labute approximate surface area is 109 Å². The Hall–Kier alpha value is -1.36. The second-order valence-electron chi connectivity index (χ2n) is 4.80. The van der Waals surface area contributed by atoms with E-state index in [9.17, 15) is 4.79 Å². The monoisotopic (exact) mass is 252 g/mol. The van der Waals surface area contributed by atoms with E-state index in [4.69, 9.17) is 0 Å². The van der Waals surface area contributed by atoms with Gasteiger partial charge in [0, 0.05) is 25.0 Å². The lowest BCUT2D eigenvalue weighted by atomic mass is 10.3. The first kappa shape index (κ1) is 14.7. The third kappa shape index (κ3) is 4.49. The molecule has 18 heavy (non-hydrogen) atoms. The maximum Gasteiger partial charge on any atom is 0.237 e. The molecule has 1 atom stereocenters. The van der Waals surface area contributed by atoms with E-state index in [1.165, 1.54) is 0 Å². The zero-order valence-corrected chi connectivity index (χ0v) is 11.7. The number of nitrogens with zero attached hydrogens (tertiary/aromatic N) is 2. The fourth-order valence-electron chi connectivity index (χ4n) is 1.70. The third-order valence-corrected chi connectivity index (χ3v) is 2.66. The first-order valence-corrected chi connectivity index (χ1v) is 6.58. The number of hydrogen-bond donors (Lipinski definition) is 2. The maximum absolute atomic E-state index is 11.7. The molecule has 0 aromatic carbocycles. The molecule has 1 heterocycles. The lowest BCUT2D eigenvalue weighted by Gasteiger charge is -2.16. The van der Waals surface area contributed by atoms with Gasteiger partial charge in [-0.2, -0.15) is 0 Å². The topological polar surface area (TPSA) is 59.0 Å². The highest BCUT2D eigenvalue weighted by Crippen LogP contribution is 1.99. The Morgan fingerprint density at radius 1 is 1.44 bits per heavy atom. The minimum Gasteiger partial charge on any atom is -0.353 e. The molecule has 0 saturated carbocycles. The van der Waals surface area contributed by atoms with Gasteiger partial charge in [0.15, 0.2) is 0 Å². The molecule has 1 rings (SSSR count). The molecular formula is C13H24N4O. The Morgan fingerprint density at radius 2 is 2.17 bits per heavy atom. The van der Waals surface area contributed by atoms with Gasteiger partial charge < -0.3 is 9.88 Å². The summed E-state index contributed by atoms with van der Waals surface area (Å²) in [5, 5.41) is 6.08. The number of imidazole rings is 1. The quantitative estimate of drug-likeness (QED) is 0.769. The second kappa shape index (κ2) is 7.16. The number of nitrogens with one attached hydrogen (secondary N) is 2. The number of carbonyl (C=O) groups excluding carboxylic acids is 1. The molecule has 0 radical (unpaired) electrons. The summed E-state index contributed by atoms with van der Waals surface area (Å²) in [7, 11) is 0. The van der Waals surface area contributed by atoms with Gasteiger partial charge in [-0.25, -0.2) is 4.98 Å². The van der Waals surface area contributed by atoms with Crippen molar-refractivity contribution in [1.29, 1.82) is 0 Å². The molecule has 102 valence electrons. The van der Waals surface area contributed by atoms with Crippen molar-refractivity contribution in [2.24, 2.45) is 0 Å². The zero-order valence-electron chi connectivity index (χ0n) is 11.7. The summed E-state index contributed by atoms with van der Waals surface area (Å²) in [5.74, 6) is 1.000. The number of carbonyl (C=O) groups is 1. The van der Waals surface area contributed by atoms with Gasteiger partial charge >= 0.3 is 0 Å². The molecule has 0 fully saturated rings. The normalized spacial score (nSPS) is 12.7. The third-order valence-electron chi connectivity index (χ3n) is 2.66. The van der Waals surface area contributed by atoms with Crippen LogP contribution in [0.5, 0.6) is 0 Å². The molecule has 0 spiro atoms. The zero-order chi connectivity index (χ0) is 13.5. The van der Waals surface area contributed by atoms with Gasteiger partial charge in [0.1, 0.15) is 5.82 Å². The summed E-state index contributed by atoms with van der Waals surface area (Å²) in [6.07, 6.45) is 4.84. The summed E-state index contributed by atoms with van der Waals surface area (Å²) in [5.41, 5.74) is 0. The van der Waals surface area contributed by atoms with Crippen LogP contribution < -0.4 is 10.6 Å². The maximum atomic E-state index is 11.7. The van der Waals surface area contributed by atoms with E-state index < -0.39 is 0 Å². The Bertz CT molecular complexity index is 373. The highest BCUT2D eigenvalue weighted by Gasteiger charge is 2.13. The van der Waals surface area contributed by atoms with Crippen molar-refractivity contribution < 1.29 is 4.79 Å². The van der Waals surface area contributed by atoms with E-state index >= 15 is 0 Å². The van der Waals surface area contributed by atoms with E-state index in [1.54, 1.807) is 6.20 Å². The van der Waals surface area contributed by atoms with E-state index in [-0.39, 0.29) is 18.0 Å². The van der Waals surface area contributed by atoms with Crippen LogP contribution >= 0.6 is 0 Å². The van der Waals surface area contributed by atoms with Crippen LogP contribution in [0.3, 0.4) is 0 Å². The average Bonchev–Trinajstić information content (AvgIpc) is 2.73. The number of aromatic nitrogens is 2. The van der Waals surface area contributed by atoms with Gasteiger partial charge in [0.25, 0.3) is 0 Å². The number of rotatable bonds is 7. The summed E-state index contributed by atoms with van der Waals surface area (Å²) in [6, 6.07) is -0.0389. The largest absolute Gasteiger partial charge is 0.353 e. The van der Waals surface area contributed by atoms with Gasteiger partial charge in [-0.1, -0.05) is 6.92 Å². The standard InChI is InChI=1S/C13H24N4O/c1-5-7-17-8-6-14-12(17)9-15-11(4)13(18)16-10(2)3/h6,8,10-11,15H,5,7,9H2,1-4H3,(H,16,18).